The third kappa shape index (κ3) is 1.53. The van der Waals surface area contributed by atoms with Crippen molar-refractivity contribution in [2.45, 2.75) is 39.7 Å². The van der Waals surface area contributed by atoms with Crippen LogP contribution in [-0.4, -0.2) is 11.4 Å². The molecule has 1 aliphatic rings. The molecule has 0 saturated carbocycles. The number of carbonyl (C=O) groups is 1. The van der Waals surface area contributed by atoms with Crippen molar-refractivity contribution < 1.29 is 4.79 Å². The third-order valence-electron chi connectivity index (χ3n) is 3.86. The van der Waals surface area contributed by atoms with Gasteiger partial charge in [0.25, 0.3) is 0 Å². The molecule has 1 atom stereocenters. The van der Waals surface area contributed by atoms with Gasteiger partial charge in [-0.05, 0) is 37.8 Å². The van der Waals surface area contributed by atoms with E-state index in [-0.39, 0.29) is 11.4 Å². The van der Waals surface area contributed by atoms with Crippen molar-refractivity contribution in [1.82, 2.24) is 0 Å². The number of hydrogen-bond donors (Lipinski definition) is 0. The summed E-state index contributed by atoms with van der Waals surface area (Å²) in [6.45, 7) is 8.16. The highest BCUT2D eigenvalue weighted by Crippen LogP contribution is 2.39. The Morgan fingerprint density at radius 2 is 2.00 bits per heavy atom. The Balaban J connectivity index is 2.58. The molecule has 0 aromatic heterocycles. The molecule has 2 heteroatoms. The van der Waals surface area contributed by atoms with Gasteiger partial charge in [-0.2, -0.15) is 0 Å². The summed E-state index contributed by atoms with van der Waals surface area (Å²) in [6.07, 6.45) is 1.05. The molecular weight excluding hydrogens is 198 g/mol. The lowest BCUT2D eigenvalue weighted by atomic mass is 9.78. The van der Waals surface area contributed by atoms with E-state index in [0.717, 1.165) is 12.1 Å². The number of amides is 1. The van der Waals surface area contributed by atoms with Gasteiger partial charge in [-0.3, -0.25) is 4.79 Å². The zero-order valence-electron chi connectivity index (χ0n) is 10.4. The van der Waals surface area contributed by atoms with Crippen LogP contribution in [0.3, 0.4) is 0 Å². The van der Waals surface area contributed by atoms with E-state index in [1.54, 1.807) is 6.92 Å². The van der Waals surface area contributed by atoms with Crippen LogP contribution in [0.5, 0.6) is 0 Å². The van der Waals surface area contributed by atoms with Crippen LogP contribution < -0.4 is 4.90 Å². The average Bonchev–Trinajstić information content (AvgIpc) is 2.18. The van der Waals surface area contributed by atoms with Gasteiger partial charge >= 0.3 is 0 Å². The fraction of sp³-hybridized carbons (Fsp3) is 0.500. The Morgan fingerprint density at radius 1 is 1.38 bits per heavy atom. The van der Waals surface area contributed by atoms with Gasteiger partial charge in [0, 0.05) is 18.2 Å². The highest BCUT2D eigenvalue weighted by Gasteiger charge is 2.40. The fourth-order valence-electron chi connectivity index (χ4n) is 2.59. The highest BCUT2D eigenvalue weighted by atomic mass is 16.2. The predicted molar refractivity (Wildman–Crippen MR) is 66.5 cm³/mol. The van der Waals surface area contributed by atoms with Gasteiger partial charge in [0.05, 0.1) is 0 Å². The van der Waals surface area contributed by atoms with E-state index >= 15 is 0 Å². The van der Waals surface area contributed by atoms with E-state index in [0.29, 0.717) is 5.92 Å². The van der Waals surface area contributed by atoms with Crippen molar-refractivity contribution >= 4 is 11.6 Å². The summed E-state index contributed by atoms with van der Waals surface area (Å²) in [5, 5.41) is 0. The summed E-state index contributed by atoms with van der Waals surface area (Å²) >= 11 is 0. The summed E-state index contributed by atoms with van der Waals surface area (Å²) < 4.78 is 0. The number of nitrogens with zero attached hydrogens (tertiary/aromatic N) is 1. The van der Waals surface area contributed by atoms with Crippen LogP contribution in [0, 0.1) is 5.92 Å². The SMILES string of the molecule is CC(=O)N1c2ccccc2CC(C)C1(C)C. The maximum atomic E-state index is 11.8. The van der Waals surface area contributed by atoms with Gasteiger partial charge in [-0.25, -0.2) is 0 Å². The Hall–Kier alpha value is -1.31. The van der Waals surface area contributed by atoms with Crippen LogP contribution in [-0.2, 0) is 11.2 Å². The molecule has 1 aromatic rings. The topological polar surface area (TPSA) is 20.3 Å². The first-order valence-electron chi connectivity index (χ1n) is 5.83. The second-order valence-corrected chi connectivity index (χ2v) is 5.24. The van der Waals surface area contributed by atoms with Gasteiger partial charge < -0.3 is 4.90 Å². The molecule has 1 heterocycles. The minimum absolute atomic E-state index is 0.0970. The number of para-hydroxylation sites is 1. The molecule has 2 nitrogen and oxygen atoms in total. The highest BCUT2D eigenvalue weighted by molar-refractivity contribution is 5.94. The lowest BCUT2D eigenvalue weighted by Crippen LogP contribution is -2.54. The first kappa shape index (κ1) is 11.2. The van der Waals surface area contributed by atoms with Crippen molar-refractivity contribution in [1.29, 1.82) is 0 Å². The number of rotatable bonds is 0. The molecule has 1 aliphatic heterocycles. The molecule has 0 N–H and O–H groups in total. The Kier molecular flexibility index (Phi) is 2.53. The minimum Gasteiger partial charge on any atom is -0.307 e. The molecule has 0 radical (unpaired) electrons. The normalized spacial score (nSPS) is 22.8. The van der Waals surface area contributed by atoms with Gasteiger partial charge in [0.15, 0.2) is 0 Å². The second-order valence-electron chi connectivity index (χ2n) is 5.24. The van der Waals surface area contributed by atoms with E-state index in [2.05, 4.69) is 26.8 Å². The number of benzene rings is 1. The maximum Gasteiger partial charge on any atom is 0.224 e. The molecule has 0 aliphatic carbocycles. The zero-order chi connectivity index (χ0) is 11.9. The van der Waals surface area contributed by atoms with Crippen molar-refractivity contribution in [3.05, 3.63) is 29.8 Å². The smallest absolute Gasteiger partial charge is 0.224 e. The Labute approximate surface area is 97.3 Å². The van der Waals surface area contributed by atoms with Crippen LogP contribution in [0.25, 0.3) is 0 Å². The number of hydrogen-bond acceptors (Lipinski definition) is 1. The van der Waals surface area contributed by atoms with Crippen molar-refractivity contribution in [3.63, 3.8) is 0 Å². The monoisotopic (exact) mass is 217 g/mol. The summed E-state index contributed by atoms with van der Waals surface area (Å²) in [5.74, 6) is 0.607. The number of fused-ring (bicyclic) bond motifs is 1. The van der Waals surface area contributed by atoms with Gasteiger partial charge in [-0.15, -0.1) is 0 Å². The quantitative estimate of drug-likeness (QED) is 0.654. The predicted octanol–water partition coefficient (Wildman–Crippen LogP) is 3.01. The van der Waals surface area contributed by atoms with E-state index in [1.807, 2.05) is 23.1 Å². The molecule has 0 saturated heterocycles. The van der Waals surface area contributed by atoms with E-state index in [1.165, 1.54) is 5.56 Å². The molecule has 2 rings (SSSR count). The Bertz CT molecular complexity index is 422. The van der Waals surface area contributed by atoms with Gasteiger partial charge in [-0.1, -0.05) is 25.1 Å². The largest absolute Gasteiger partial charge is 0.307 e. The average molecular weight is 217 g/mol. The van der Waals surface area contributed by atoms with Gasteiger partial charge in [0.2, 0.25) is 5.91 Å². The van der Waals surface area contributed by atoms with E-state index < -0.39 is 0 Å². The van der Waals surface area contributed by atoms with Crippen LogP contribution in [0.1, 0.15) is 33.3 Å². The molecule has 0 fully saturated rings. The third-order valence-corrected chi connectivity index (χ3v) is 3.86. The van der Waals surface area contributed by atoms with Crippen LogP contribution >= 0.6 is 0 Å². The van der Waals surface area contributed by atoms with E-state index in [4.69, 9.17) is 0 Å². The Morgan fingerprint density at radius 3 is 2.62 bits per heavy atom. The summed E-state index contributed by atoms with van der Waals surface area (Å²) in [6, 6.07) is 8.21. The summed E-state index contributed by atoms with van der Waals surface area (Å²) in [4.78, 5) is 13.8. The number of anilines is 1. The molecule has 86 valence electrons. The first-order valence-corrected chi connectivity index (χ1v) is 5.83. The van der Waals surface area contributed by atoms with Crippen LogP contribution in [0.15, 0.2) is 24.3 Å². The van der Waals surface area contributed by atoms with Crippen LogP contribution in [0.4, 0.5) is 5.69 Å². The summed E-state index contributed by atoms with van der Waals surface area (Å²) in [7, 11) is 0. The number of carbonyl (C=O) groups excluding carboxylic acids is 1. The molecule has 0 spiro atoms. The molecule has 0 bridgehead atoms. The molecule has 1 aromatic carbocycles. The molecular formula is C14H19NO. The lowest BCUT2D eigenvalue weighted by Gasteiger charge is -2.47. The van der Waals surface area contributed by atoms with Crippen molar-refractivity contribution in [2.24, 2.45) is 5.92 Å². The van der Waals surface area contributed by atoms with Crippen LogP contribution in [0.2, 0.25) is 0 Å². The van der Waals surface area contributed by atoms with Gasteiger partial charge in [0.1, 0.15) is 0 Å². The first-order chi connectivity index (χ1) is 7.44. The zero-order valence-corrected chi connectivity index (χ0v) is 10.4. The fourth-order valence-corrected chi connectivity index (χ4v) is 2.59. The van der Waals surface area contributed by atoms with Crippen molar-refractivity contribution in [2.75, 3.05) is 4.90 Å². The maximum absolute atomic E-state index is 11.8. The lowest BCUT2D eigenvalue weighted by molar-refractivity contribution is -0.118. The van der Waals surface area contributed by atoms with Crippen molar-refractivity contribution in [3.8, 4) is 0 Å². The molecule has 1 unspecified atom stereocenters. The molecule has 1 amide bonds. The second kappa shape index (κ2) is 3.62. The standard InChI is InChI=1S/C14H19NO/c1-10-9-12-7-5-6-8-13(12)15(11(2)16)14(10,3)4/h5-8,10H,9H2,1-4H3. The van der Waals surface area contributed by atoms with E-state index in [9.17, 15) is 4.79 Å². The summed E-state index contributed by atoms with van der Waals surface area (Å²) in [5.41, 5.74) is 2.27. The molecule has 16 heavy (non-hydrogen) atoms. The minimum atomic E-state index is -0.0970.